The molecule has 0 aromatic carbocycles. The second kappa shape index (κ2) is 5.84. The summed E-state index contributed by atoms with van der Waals surface area (Å²) in [6, 6.07) is 0. The van der Waals surface area contributed by atoms with Crippen molar-refractivity contribution < 1.29 is 0 Å². The first-order chi connectivity index (χ1) is 5.83. The lowest BCUT2D eigenvalue weighted by atomic mass is 10.2. The number of thioether (sulfide) groups is 1. The molecule has 1 aliphatic heterocycles. The summed E-state index contributed by atoms with van der Waals surface area (Å²) in [7, 11) is 0. The molecule has 2 nitrogen and oxygen atoms in total. The van der Waals surface area contributed by atoms with Crippen molar-refractivity contribution in [2.45, 2.75) is 25.0 Å². The number of nitrogens with two attached hydrogens (primary N) is 1. The van der Waals surface area contributed by atoms with Gasteiger partial charge in [-0.15, -0.1) is 0 Å². The van der Waals surface area contributed by atoms with Crippen LogP contribution in [0.1, 0.15) is 19.8 Å². The molecule has 0 aromatic heterocycles. The molecule has 12 heavy (non-hydrogen) atoms. The van der Waals surface area contributed by atoms with Gasteiger partial charge in [0, 0.05) is 11.8 Å². The molecule has 1 heterocycles. The third-order valence-corrected chi connectivity index (χ3v) is 3.91. The van der Waals surface area contributed by atoms with E-state index in [1.807, 2.05) is 0 Å². The summed E-state index contributed by atoms with van der Waals surface area (Å²) < 4.78 is 0. The lowest BCUT2D eigenvalue weighted by Crippen LogP contribution is -2.32. The van der Waals surface area contributed by atoms with E-state index in [0.29, 0.717) is 5.92 Å². The number of rotatable bonds is 4. The standard InChI is InChI=1S/C9H20N2S/c1-8(5-10)7-12-9-3-2-4-11-6-9/h8-9,11H,2-7,10H2,1H3. The molecule has 0 amide bonds. The van der Waals surface area contributed by atoms with Gasteiger partial charge in [0.25, 0.3) is 0 Å². The Labute approximate surface area is 79.7 Å². The van der Waals surface area contributed by atoms with E-state index in [0.717, 1.165) is 11.8 Å². The Morgan fingerprint density at radius 2 is 2.50 bits per heavy atom. The molecule has 2 unspecified atom stereocenters. The second-order valence-electron chi connectivity index (χ2n) is 3.64. The molecule has 0 spiro atoms. The first kappa shape index (κ1) is 10.4. The molecule has 3 heteroatoms. The van der Waals surface area contributed by atoms with Gasteiger partial charge in [0.1, 0.15) is 0 Å². The fraction of sp³-hybridized carbons (Fsp3) is 1.00. The lowest BCUT2D eigenvalue weighted by Gasteiger charge is -2.23. The smallest absolute Gasteiger partial charge is 0.0173 e. The van der Waals surface area contributed by atoms with Gasteiger partial charge < -0.3 is 11.1 Å². The number of hydrogen-bond acceptors (Lipinski definition) is 3. The van der Waals surface area contributed by atoms with Gasteiger partial charge in [0.15, 0.2) is 0 Å². The van der Waals surface area contributed by atoms with Crippen molar-refractivity contribution in [2.24, 2.45) is 11.7 Å². The molecule has 1 aliphatic rings. The van der Waals surface area contributed by atoms with Crippen molar-refractivity contribution >= 4 is 11.8 Å². The maximum Gasteiger partial charge on any atom is 0.0173 e. The maximum atomic E-state index is 5.56. The van der Waals surface area contributed by atoms with Gasteiger partial charge in [-0.05, 0) is 37.6 Å². The van der Waals surface area contributed by atoms with Crippen LogP contribution in [0.5, 0.6) is 0 Å². The molecule has 3 N–H and O–H groups in total. The minimum atomic E-state index is 0.678. The van der Waals surface area contributed by atoms with E-state index in [2.05, 4.69) is 24.0 Å². The van der Waals surface area contributed by atoms with Crippen molar-refractivity contribution in [3.63, 3.8) is 0 Å². The van der Waals surface area contributed by atoms with Crippen LogP contribution < -0.4 is 11.1 Å². The second-order valence-corrected chi connectivity index (χ2v) is 4.98. The van der Waals surface area contributed by atoms with Gasteiger partial charge in [0.05, 0.1) is 0 Å². The average molecular weight is 188 g/mol. The first-order valence-electron chi connectivity index (χ1n) is 4.85. The first-order valence-corrected chi connectivity index (χ1v) is 5.90. The maximum absolute atomic E-state index is 5.56. The third-order valence-electron chi connectivity index (χ3n) is 2.27. The van der Waals surface area contributed by atoms with E-state index in [1.165, 1.54) is 31.7 Å². The van der Waals surface area contributed by atoms with Gasteiger partial charge in [-0.3, -0.25) is 0 Å². The summed E-state index contributed by atoms with van der Waals surface area (Å²) in [6.45, 7) is 5.46. The highest BCUT2D eigenvalue weighted by molar-refractivity contribution is 7.99. The molecular weight excluding hydrogens is 168 g/mol. The summed E-state index contributed by atoms with van der Waals surface area (Å²) in [5.74, 6) is 1.90. The normalized spacial score (nSPS) is 27.0. The number of nitrogens with one attached hydrogen (secondary N) is 1. The monoisotopic (exact) mass is 188 g/mol. The molecule has 0 saturated carbocycles. The molecule has 2 atom stereocenters. The van der Waals surface area contributed by atoms with Gasteiger partial charge in [0.2, 0.25) is 0 Å². The molecule has 1 rings (SSSR count). The van der Waals surface area contributed by atoms with Crippen molar-refractivity contribution in [1.82, 2.24) is 5.32 Å². The largest absolute Gasteiger partial charge is 0.330 e. The van der Waals surface area contributed by atoms with E-state index < -0.39 is 0 Å². The van der Waals surface area contributed by atoms with Crippen LogP contribution in [-0.2, 0) is 0 Å². The van der Waals surface area contributed by atoms with E-state index in [9.17, 15) is 0 Å². The zero-order valence-electron chi connectivity index (χ0n) is 7.88. The average Bonchev–Trinajstić information content (AvgIpc) is 2.16. The van der Waals surface area contributed by atoms with Crippen LogP contribution in [0.3, 0.4) is 0 Å². The topological polar surface area (TPSA) is 38.0 Å². The molecule has 0 bridgehead atoms. The number of piperidine rings is 1. The summed E-state index contributed by atoms with van der Waals surface area (Å²) in [5.41, 5.74) is 5.56. The number of hydrogen-bond donors (Lipinski definition) is 2. The van der Waals surface area contributed by atoms with Gasteiger partial charge in [-0.25, -0.2) is 0 Å². The quantitative estimate of drug-likeness (QED) is 0.693. The molecule has 0 aromatic rings. The van der Waals surface area contributed by atoms with Crippen LogP contribution in [-0.4, -0.2) is 30.6 Å². The Kier molecular flexibility index (Phi) is 5.04. The minimum Gasteiger partial charge on any atom is -0.330 e. The fourth-order valence-electron chi connectivity index (χ4n) is 1.33. The van der Waals surface area contributed by atoms with Crippen LogP contribution in [0.25, 0.3) is 0 Å². The molecule has 72 valence electrons. The van der Waals surface area contributed by atoms with Crippen molar-refractivity contribution in [3.8, 4) is 0 Å². The molecule has 0 aliphatic carbocycles. The molecular formula is C9H20N2S. The summed E-state index contributed by atoms with van der Waals surface area (Å²) in [5, 5.41) is 4.26. The van der Waals surface area contributed by atoms with Crippen LogP contribution in [0.2, 0.25) is 0 Å². The van der Waals surface area contributed by atoms with Crippen LogP contribution >= 0.6 is 11.8 Å². The van der Waals surface area contributed by atoms with Gasteiger partial charge in [-0.1, -0.05) is 6.92 Å². The Hall–Kier alpha value is 0.270. The Morgan fingerprint density at radius 1 is 1.67 bits per heavy atom. The van der Waals surface area contributed by atoms with Crippen LogP contribution in [0, 0.1) is 5.92 Å². The minimum absolute atomic E-state index is 0.678. The fourth-order valence-corrected chi connectivity index (χ4v) is 2.64. The third kappa shape index (κ3) is 3.78. The highest BCUT2D eigenvalue weighted by Gasteiger charge is 2.13. The molecule has 1 saturated heterocycles. The van der Waals surface area contributed by atoms with Crippen LogP contribution in [0.15, 0.2) is 0 Å². The Balaban J connectivity index is 2.05. The SMILES string of the molecule is CC(CN)CSC1CCCNC1. The van der Waals surface area contributed by atoms with E-state index >= 15 is 0 Å². The van der Waals surface area contributed by atoms with E-state index in [-0.39, 0.29) is 0 Å². The van der Waals surface area contributed by atoms with Gasteiger partial charge in [-0.2, -0.15) is 11.8 Å². The van der Waals surface area contributed by atoms with Crippen molar-refractivity contribution in [1.29, 1.82) is 0 Å². The van der Waals surface area contributed by atoms with E-state index in [4.69, 9.17) is 5.73 Å². The predicted octanol–water partition coefficient (Wildman–Crippen LogP) is 1.07. The van der Waals surface area contributed by atoms with E-state index in [1.54, 1.807) is 0 Å². The summed E-state index contributed by atoms with van der Waals surface area (Å²) in [6.07, 6.45) is 2.73. The van der Waals surface area contributed by atoms with Crippen molar-refractivity contribution in [2.75, 3.05) is 25.4 Å². The molecule has 1 fully saturated rings. The zero-order valence-corrected chi connectivity index (χ0v) is 8.70. The van der Waals surface area contributed by atoms with Crippen LogP contribution in [0.4, 0.5) is 0 Å². The highest BCUT2D eigenvalue weighted by Crippen LogP contribution is 2.20. The highest BCUT2D eigenvalue weighted by atomic mass is 32.2. The predicted molar refractivity (Wildman–Crippen MR) is 56.6 cm³/mol. The molecule has 0 radical (unpaired) electrons. The summed E-state index contributed by atoms with van der Waals surface area (Å²) >= 11 is 2.09. The van der Waals surface area contributed by atoms with Gasteiger partial charge >= 0.3 is 0 Å². The Morgan fingerprint density at radius 3 is 3.08 bits per heavy atom. The van der Waals surface area contributed by atoms with Crippen molar-refractivity contribution in [3.05, 3.63) is 0 Å². The lowest BCUT2D eigenvalue weighted by molar-refractivity contribution is 0.530. The Bertz CT molecular complexity index is 113. The summed E-state index contributed by atoms with van der Waals surface area (Å²) in [4.78, 5) is 0. The zero-order chi connectivity index (χ0) is 8.81.